The number of nitrogens with zero attached hydrogens (tertiary/aromatic N) is 1. The Balaban J connectivity index is 2.24. The van der Waals surface area contributed by atoms with Crippen molar-refractivity contribution >= 4 is 0 Å². The maximum Gasteiger partial charge on any atom is 0.141 e. The average molecular weight is 254 g/mol. The molecule has 2 N–H and O–H groups in total. The van der Waals surface area contributed by atoms with Crippen molar-refractivity contribution in [3.63, 3.8) is 0 Å². The molecule has 1 aliphatic heterocycles. The predicted molar refractivity (Wildman–Crippen MR) is 65.5 cm³/mol. The van der Waals surface area contributed by atoms with E-state index in [1.165, 1.54) is 12.3 Å². The molecule has 1 saturated heterocycles. The highest BCUT2D eigenvalue weighted by atomic mass is 19.1. The van der Waals surface area contributed by atoms with Crippen LogP contribution in [0.4, 0.5) is 4.39 Å². The van der Waals surface area contributed by atoms with Gasteiger partial charge in [0, 0.05) is 38.9 Å². The molecule has 18 heavy (non-hydrogen) atoms. The summed E-state index contributed by atoms with van der Waals surface area (Å²) in [4.78, 5) is 3.85. The van der Waals surface area contributed by atoms with Crippen LogP contribution in [-0.4, -0.2) is 30.4 Å². The van der Waals surface area contributed by atoms with Crippen LogP contribution in [0.5, 0.6) is 0 Å². The van der Waals surface area contributed by atoms with Gasteiger partial charge in [-0.25, -0.2) is 4.39 Å². The first-order valence-corrected chi connectivity index (χ1v) is 6.26. The number of ether oxygens (including phenoxy) is 2. The summed E-state index contributed by atoms with van der Waals surface area (Å²) in [6.45, 7) is 3.76. The van der Waals surface area contributed by atoms with Crippen molar-refractivity contribution in [2.75, 3.05) is 19.8 Å². The molecule has 1 unspecified atom stereocenters. The molecular weight excluding hydrogens is 235 g/mol. The first-order chi connectivity index (χ1) is 8.68. The minimum Gasteiger partial charge on any atom is -0.381 e. The fourth-order valence-corrected chi connectivity index (χ4v) is 2.45. The Hall–Kier alpha value is -1.04. The Labute approximate surface area is 106 Å². The molecule has 2 heterocycles. The Bertz CT molecular complexity index is 389. The zero-order valence-electron chi connectivity index (χ0n) is 10.6. The molecular formula is C13H19FN2O2. The van der Waals surface area contributed by atoms with Crippen LogP contribution in [0.3, 0.4) is 0 Å². The van der Waals surface area contributed by atoms with E-state index < -0.39 is 5.60 Å². The molecule has 1 aromatic heterocycles. The Kier molecular flexibility index (Phi) is 4.27. The van der Waals surface area contributed by atoms with Crippen molar-refractivity contribution in [3.8, 4) is 0 Å². The highest BCUT2D eigenvalue weighted by Crippen LogP contribution is 2.36. The van der Waals surface area contributed by atoms with Crippen molar-refractivity contribution in [2.45, 2.75) is 31.4 Å². The number of rotatable bonds is 4. The Morgan fingerprint density at radius 3 is 2.83 bits per heavy atom. The van der Waals surface area contributed by atoms with Crippen molar-refractivity contribution in [1.82, 2.24) is 4.98 Å². The summed E-state index contributed by atoms with van der Waals surface area (Å²) in [7, 11) is 0. The van der Waals surface area contributed by atoms with Gasteiger partial charge < -0.3 is 15.2 Å². The van der Waals surface area contributed by atoms with Gasteiger partial charge in [-0.3, -0.25) is 4.98 Å². The fraction of sp³-hybridized carbons (Fsp3) is 0.615. The van der Waals surface area contributed by atoms with E-state index in [0.717, 1.165) is 12.8 Å². The number of hydrogen-bond acceptors (Lipinski definition) is 4. The highest BCUT2D eigenvalue weighted by Gasteiger charge is 2.40. The third-order valence-electron chi connectivity index (χ3n) is 3.42. The van der Waals surface area contributed by atoms with E-state index in [2.05, 4.69) is 4.98 Å². The largest absolute Gasteiger partial charge is 0.381 e. The van der Waals surface area contributed by atoms with Gasteiger partial charge in [-0.15, -0.1) is 0 Å². The van der Waals surface area contributed by atoms with Crippen LogP contribution in [0.2, 0.25) is 0 Å². The van der Waals surface area contributed by atoms with Gasteiger partial charge >= 0.3 is 0 Å². The van der Waals surface area contributed by atoms with E-state index in [1.54, 1.807) is 6.20 Å². The van der Waals surface area contributed by atoms with Crippen LogP contribution in [0.25, 0.3) is 0 Å². The van der Waals surface area contributed by atoms with Crippen LogP contribution >= 0.6 is 0 Å². The number of pyridine rings is 1. The molecule has 1 atom stereocenters. The van der Waals surface area contributed by atoms with Crippen molar-refractivity contribution < 1.29 is 13.9 Å². The van der Waals surface area contributed by atoms with Crippen molar-refractivity contribution in [1.29, 1.82) is 0 Å². The molecule has 1 fully saturated rings. The van der Waals surface area contributed by atoms with Gasteiger partial charge in [0.25, 0.3) is 0 Å². The first kappa shape index (κ1) is 13.4. The average Bonchev–Trinajstić information content (AvgIpc) is 2.39. The highest BCUT2D eigenvalue weighted by molar-refractivity contribution is 5.19. The molecule has 1 aliphatic rings. The molecule has 100 valence electrons. The third kappa shape index (κ3) is 2.68. The monoisotopic (exact) mass is 254 g/mol. The summed E-state index contributed by atoms with van der Waals surface area (Å²) in [6, 6.07) is 1.04. The molecule has 2 rings (SSSR count). The zero-order valence-corrected chi connectivity index (χ0v) is 10.6. The normalized spacial score (nSPS) is 20.6. The standard InChI is InChI=1S/C13H19FN2O2/c1-2-18-13(3-5-17-6-4-13)12(15)10-7-11(14)9-16-8-10/h7-9,12H,2-6,15H2,1H3. The lowest BCUT2D eigenvalue weighted by Gasteiger charge is -2.41. The number of hydrogen-bond donors (Lipinski definition) is 1. The lowest BCUT2D eigenvalue weighted by molar-refractivity contribution is -0.121. The molecule has 0 aliphatic carbocycles. The SMILES string of the molecule is CCOC1(C(N)c2cncc(F)c2)CCOCC1. The molecule has 5 heteroatoms. The van der Waals surface area contributed by atoms with Gasteiger partial charge in [-0.1, -0.05) is 0 Å². The summed E-state index contributed by atoms with van der Waals surface area (Å²) in [6.07, 6.45) is 4.22. The second-order valence-corrected chi connectivity index (χ2v) is 4.52. The van der Waals surface area contributed by atoms with Gasteiger partial charge in [-0.2, -0.15) is 0 Å². The topological polar surface area (TPSA) is 57.4 Å². The van der Waals surface area contributed by atoms with Gasteiger partial charge in [0.05, 0.1) is 17.8 Å². The zero-order chi connectivity index (χ0) is 13.0. The molecule has 0 bridgehead atoms. The molecule has 0 amide bonds. The molecule has 0 radical (unpaired) electrons. The van der Waals surface area contributed by atoms with Crippen LogP contribution in [0.15, 0.2) is 18.5 Å². The van der Waals surface area contributed by atoms with Crippen LogP contribution in [0.1, 0.15) is 31.4 Å². The summed E-state index contributed by atoms with van der Waals surface area (Å²) < 4.78 is 24.4. The maximum absolute atomic E-state index is 13.2. The van der Waals surface area contributed by atoms with Gasteiger partial charge in [0.2, 0.25) is 0 Å². The van der Waals surface area contributed by atoms with Gasteiger partial charge in [0.1, 0.15) is 5.82 Å². The lowest BCUT2D eigenvalue weighted by Crippen LogP contribution is -2.48. The van der Waals surface area contributed by atoms with Crippen molar-refractivity contribution in [2.24, 2.45) is 5.73 Å². The first-order valence-electron chi connectivity index (χ1n) is 6.26. The number of aromatic nitrogens is 1. The third-order valence-corrected chi connectivity index (χ3v) is 3.42. The van der Waals surface area contributed by atoms with E-state index in [1.807, 2.05) is 6.92 Å². The van der Waals surface area contributed by atoms with Gasteiger partial charge in [0.15, 0.2) is 0 Å². The minimum atomic E-state index is -0.470. The predicted octanol–water partition coefficient (Wildman–Crippen LogP) is 1.81. The molecule has 1 aromatic rings. The smallest absolute Gasteiger partial charge is 0.141 e. The quantitative estimate of drug-likeness (QED) is 0.890. The minimum absolute atomic E-state index is 0.373. The number of halogens is 1. The van der Waals surface area contributed by atoms with Crippen LogP contribution in [0, 0.1) is 5.82 Å². The van der Waals surface area contributed by atoms with E-state index in [9.17, 15) is 4.39 Å². The maximum atomic E-state index is 13.2. The molecule has 4 nitrogen and oxygen atoms in total. The Morgan fingerprint density at radius 1 is 1.50 bits per heavy atom. The fourth-order valence-electron chi connectivity index (χ4n) is 2.45. The van der Waals surface area contributed by atoms with E-state index in [0.29, 0.717) is 25.4 Å². The second kappa shape index (κ2) is 5.73. The summed E-state index contributed by atoms with van der Waals surface area (Å²) in [5.74, 6) is -0.373. The Morgan fingerprint density at radius 2 is 2.22 bits per heavy atom. The summed E-state index contributed by atoms with van der Waals surface area (Å²) >= 11 is 0. The number of nitrogens with two attached hydrogens (primary N) is 1. The summed E-state index contributed by atoms with van der Waals surface area (Å²) in [5.41, 5.74) is 6.47. The second-order valence-electron chi connectivity index (χ2n) is 4.52. The molecule has 0 aromatic carbocycles. The molecule has 0 spiro atoms. The lowest BCUT2D eigenvalue weighted by atomic mass is 9.83. The van der Waals surface area contributed by atoms with E-state index in [-0.39, 0.29) is 11.9 Å². The van der Waals surface area contributed by atoms with Crippen molar-refractivity contribution in [3.05, 3.63) is 29.8 Å². The summed E-state index contributed by atoms with van der Waals surface area (Å²) in [5, 5.41) is 0. The van der Waals surface area contributed by atoms with E-state index in [4.69, 9.17) is 15.2 Å². The molecule has 0 saturated carbocycles. The van der Waals surface area contributed by atoms with E-state index >= 15 is 0 Å². The van der Waals surface area contributed by atoms with Crippen LogP contribution in [-0.2, 0) is 9.47 Å². The van der Waals surface area contributed by atoms with Crippen LogP contribution < -0.4 is 5.73 Å². The van der Waals surface area contributed by atoms with Gasteiger partial charge in [-0.05, 0) is 18.6 Å².